The van der Waals surface area contributed by atoms with Crippen LogP contribution in [0.2, 0.25) is 0 Å². The molecule has 0 bridgehead atoms. The Balaban J connectivity index is 1.82. The zero-order valence-electron chi connectivity index (χ0n) is 16.2. The summed E-state index contributed by atoms with van der Waals surface area (Å²) in [6.07, 6.45) is 6.33. The standard InChI is InChI=1S/C22H21N5O2/c1-15-5-6-17(14-23-15)21(16-7-9-18(29-2)10-8-16)27-13-11-20(28)25-22(27)19-4-3-12-24-26-19/h3-14,21-22H,1-2H3,(H,25,28). The highest BCUT2D eigenvalue weighted by Gasteiger charge is 2.32. The summed E-state index contributed by atoms with van der Waals surface area (Å²) in [5.74, 6) is 0.606. The minimum absolute atomic E-state index is 0.174. The van der Waals surface area contributed by atoms with Gasteiger partial charge in [0.1, 0.15) is 17.6 Å². The molecule has 2 unspecified atom stereocenters. The number of nitrogens with one attached hydrogen (secondary N) is 1. The van der Waals surface area contributed by atoms with E-state index < -0.39 is 6.17 Å². The van der Waals surface area contributed by atoms with Crippen LogP contribution >= 0.6 is 0 Å². The number of methoxy groups -OCH3 is 1. The molecule has 146 valence electrons. The van der Waals surface area contributed by atoms with Crippen LogP contribution in [0.3, 0.4) is 0 Å². The van der Waals surface area contributed by atoms with Gasteiger partial charge in [0.25, 0.3) is 0 Å². The van der Waals surface area contributed by atoms with Crippen LogP contribution in [0.25, 0.3) is 0 Å². The van der Waals surface area contributed by atoms with Crippen molar-refractivity contribution in [2.75, 3.05) is 7.11 Å². The van der Waals surface area contributed by atoms with Crippen LogP contribution in [0.4, 0.5) is 0 Å². The highest BCUT2D eigenvalue weighted by molar-refractivity contribution is 5.88. The molecule has 1 aliphatic heterocycles. The number of hydrogen-bond donors (Lipinski definition) is 1. The van der Waals surface area contributed by atoms with Gasteiger partial charge in [-0.2, -0.15) is 10.2 Å². The number of carbonyl (C=O) groups excluding carboxylic acids is 1. The zero-order chi connectivity index (χ0) is 20.2. The third-order valence-corrected chi connectivity index (χ3v) is 4.83. The maximum absolute atomic E-state index is 12.1. The summed E-state index contributed by atoms with van der Waals surface area (Å²) < 4.78 is 5.31. The summed E-state index contributed by atoms with van der Waals surface area (Å²) in [4.78, 5) is 18.6. The largest absolute Gasteiger partial charge is 0.497 e. The number of amides is 1. The first-order valence-electron chi connectivity index (χ1n) is 9.26. The van der Waals surface area contributed by atoms with Crippen LogP contribution in [-0.2, 0) is 4.79 Å². The highest BCUT2D eigenvalue weighted by Crippen LogP contribution is 2.36. The van der Waals surface area contributed by atoms with Gasteiger partial charge >= 0.3 is 0 Å². The topological polar surface area (TPSA) is 80.2 Å². The second-order valence-corrected chi connectivity index (χ2v) is 6.73. The van der Waals surface area contributed by atoms with E-state index in [-0.39, 0.29) is 11.9 Å². The molecule has 1 aliphatic rings. The van der Waals surface area contributed by atoms with E-state index in [0.29, 0.717) is 5.69 Å². The van der Waals surface area contributed by atoms with E-state index in [1.807, 2.05) is 49.5 Å². The van der Waals surface area contributed by atoms with Gasteiger partial charge in [-0.1, -0.05) is 18.2 Å². The van der Waals surface area contributed by atoms with Crippen LogP contribution in [0.5, 0.6) is 5.75 Å². The van der Waals surface area contributed by atoms with Gasteiger partial charge in [-0.3, -0.25) is 9.78 Å². The fourth-order valence-corrected chi connectivity index (χ4v) is 3.38. The van der Waals surface area contributed by atoms with Gasteiger partial charge in [0.05, 0.1) is 13.2 Å². The van der Waals surface area contributed by atoms with Crippen molar-refractivity contribution in [2.45, 2.75) is 19.1 Å². The molecule has 29 heavy (non-hydrogen) atoms. The molecule has 1 amide bonds. The van der Waals surface area contributed by atoms with E-state index in [1.165, 1.54) is 6.08 Å². The third-order valence-electron chi connectivity index (χ3n) is 4.83. The van der Waals surface area contributed by atoms with Crippen molar-refractivity contribution in [1.82, 2.24) is 25.4 Å². The number of rotatable bonds is 5. The van der Waals surface area contributed by atoms with Crippen molar-refractivity contribution in [3.05, 3.63) is 95.7 Å². The number of aromatic nitrogens is 3. The smallest absolute Gasteiger partial charge is 0.247 e. The molecule has 2 aromatic heterocycles. The molecule has 2 atom stereocenters. The molecule has 7 heteroatoms. The maximum Gasteiger partial charge on any atom is 0.247 e. The number of benzene rings is 1. The van der Waals surface area contributed by atoms with Crippen molar-refractivity contribution in [2.24, 2.45) is 0 Å². The predicted octanol–water partition coefficient (Wildman–Crippen LogP) is 2.92. The van der Waals surface area contributed by atoms with Gasteiger partial charge in [-0.25, -0.2) is 0 Å². The van der Waals surface area contributed by atoms with Crippen molar-refractivity contribution >= 4 is 5.91 Å². The Hall–Kier alpha value is -3.74. The summed E-state index contributed by atoms with van der Waals surface area (Å²) in [7, 11) is 1.64. The molecule has 0 aliphatic carbocycles. The molecular weight excluding hydrogens is 366 g/mol. The molecule has 0 saturated heterocycles. The first-order chi connectivity index (χ1) is 14.2. The van der Waals surface area contributed by atoms with Gasteiger partial charge < -0.3 is 15.0 Å². The number of nitrogens with zero attached hydrogens (tertiary/aromatic N) is 4. The third kappa shape index (κ3) is 3.94. The van der Waals surface area contributed by atoms with E-state index in [4.69, 9.17) is 4.74 Å². The summed E-state index contributed by atoms with van der Waals surface area (Å²) in [5, 5.41) is 11.2. The Morgan fingerprint density at radius 1 is 1.10 bits per heavy atom. The molecule has 0 fully saturated rings. The molecule has 1 aromatic carbocycles. The lowest BCUT2D eigenvalue weighted by atomic mass is 9.96. The summed E-state index contributed by atoms with van der Waals surface area (Å²) in [6, 6.07) is 15.4. The SMILES string of the molecule is COc1ccc(C(c2ccc(C)nc2)N2C=CC(=O)NC2c2cccnn2)cc1. The molecular formula is C22H21N5O2. The Labute approximate surface area is 169 Å². The molecule has 7 nitrogen and oxygen atoms in total. The van der Waals surface area contributed by atoms with Crippen molar-refractivity contribution < 1.29 is 9.53 Å². The highest BCUT2D eigenvalue weighted by atomic mass is 16.5. The van der Waals surface area contributed by atoms with Crippen LogP contribution in [-0.4, -0.2) is 33.1 Å². The molecule has 3 aromatic rings. The van der Waals surface area contributed by atoms with Gasteiger partial charge in [-0.15, -0.1) is 0 Å². The van der Waals surface area contributed by atoms with Crippen molar-refractivity contribution in [3.63, 3.8) is 0 Å². The lowest BCUT2D eigenvalue weighted by Gasteiger charge is -2.39. The lowest BCUT2D eigenvalue weighted by Crippen LogP contribution is -2.44. The Morgan fingerprint density at radius 2 is 1.90 bits per heavy atom. The summed E-state index contributed by atoms with van der Waals surface area (Å²) in [6.45, 7) is 1.95. The Kier molecular flexibility index (Phi) is 5.20. The van der Waals surface area contributed by atoms with Crippen LogP contribution < -0.4 is 10.1 Å². The molecule has 0 radical (unpaired) electrons. The first-order valence-corrected chi connectivity index (χ1v) is 9.26. The van der Waals surface area contributed by atoms with E-state index in [9.17, 15) is 4.79 Å². The summed E-state index contributed by atoms with van der Waals surface area (Å²) in [5.41, 5.74) is 3.63. The zero-order valence-corrected chi connectivity index (χ0v) is 16.2. The van der Waals surface area contributed by atoms with Crippen molar-refractivity contribution in [1.29, 1.82) is 0 Å². The minimum atomic E-state index is -0.463. The molecule has 0 spiro atoms. The molecule has 4 rings (SSSR count). The second kappa shape index (κ2) is 8.10. The van der Waals surface area contributed by atoms with Gasteiger partial charge in [0.2, 0.25) is 5.91 Å². The van der Waals surface area contributed by atoms with Crippen LogP contribution in [0.15, 0.2) is 73.2 Å². The van der Waals surface area contributed by atoms with Crippen LogP contribution in [0.1, 0.15) is 34.7 Å². The fraction of sp³-hybridized carbons (Fsp3) is 0.182. The monoisotopic (exact) mass is 387 g/mol. The average molecular weight is 387 g/mol. The minimum Gasteiger partial charge on any atom is -0.497 e. The summed E-state index contributed by atoms with van der Waals surface area (Å²) >= 11 is 0. The Morgan fingerprint density at radius 3 is 2.55 bits per heavy atom. The van der Waals surface area contributed by atoms with E-state index in [1.54, 1.807) is 25.6 Å². The number of aryl methyl sites for hydroxylation is 1. The van der Waals surface area contributed by atoms with E-state index in [0.717, 1.165) is 22.6 Å². The lowest BCUT2D eigenvalue weighted by molar-refractivity contribution is -0.119. The normalized spacial score (nSPS) is 17.0. The second-order valence-electron chi connectivity index (χ2n) is 6.73. The predicted molar refractivity (Wildman–Crippen MR) is 108 cm³/mol. The molecule has 1 N–H and O–H groups in total. The quantitative estimate of drug-likeness (QED) is 0.725. The fourth-order valence-electron chi connectivity index (χ4n) is 3.38. The number of carbonyl (C=O) groups is 1. The Bertz CT molecular complexity index is 1000. The number of ether oxygens (including phenoxy) is 1. The van der Waals surface area contributed by atoms with Crippen molar-refractivity contribution in [3.8, 4) is 5.75 Å². The van der Waals surface area contributed by atoms with E-state index >= 15 is 0 Å². The van der Waals surface area contributed by atoms with Gasteiger partial charge in [-0.05, 0) is 48.4 Å². The average Bonchev–Trinajstić information content (AvgIpc) is 2.77. The van der Waals surface area contributed by atoms with E-state index in [2.05, 4.69) is 31.5 Å². The van der Waals surface area contributed by atoms with Gasteiger partial charge in [0.15, 0.2) is 0 Å². The molecule has 0 saturated carbocycles. The first kappa shape index (κ1) is 18.6. The maximum atomic E-state index is 12.1. The van der Waals surface area contributed by atoms with Crippen LogP contribution in [0, 0.1) is 6.92 Å². The number of hydrogen-bond acceptors (Lipinski definition) is 6. The molecule has 3 heterocycles. The number of pyridine rings is 1. The van der Waals surface area contributed by atoms with Gasteiger partial charge in [0, 0.05) is 30.4 Å².